The second kappa shape index (κ2) is 7.69. The van der Waals surface area contributed by atoms with Crippen molar-refractivity contribution in [1.82, 2.24) is 19.5 Å². The summed E-state index contributed by atoms with van der Waals surface area (Å²) >= 11 is 0. The van der Waals surface area contributed by atoms with Crippen molar-refractivity contribution in [3.8, 4) is 17.6 Å². The fourth-order valence-corrected chi connectivity index (χ4v) is 3.21. The largest absolute Gasteiger partial charge is 0.507 e. The number of phenolic OH excluding ortho intramolecular Hbond substituents is 1. The normalized spacial score (nSPS) is 24.4. The van der Waals surface area contributed by atoms with Crippen LogP contribution in [0.2, 0.25) is 0 Å². The van der Waals surface area contributed by atoms with E-state index in [4.69, 9.17) is 16.2 Å². The van der Waals surface area contributed by atoms with Gasteiger partial charge in [-0.05, 0) is 18.1 Å². The van der Waals surface area contributed by atoms with E-state index in [1.54, 1.807) is 18.2 Å². The van der Waals surface area contributed by atoms with Gasteiger partial charge in [-0.3, -0.25) is 9.36 Å². The summed E-state index contributed by atoms with van der Waals surface area (Å²) in [4.78, 5) is 24.4. The van der Waals surface area contributed by atoms with Crippen LogP contribution in [0.4, 0.5) is 5.82 Å². The number of aromatic hydroxyl groups is 1. The molecule has 1 aliphatic rings. The second-order valence-electron chi connectivity index (χ2n) is 6.71. The predicted molar refractivity (Wildman–Crippen MR) is 104 cm³/mol. The highest BCUT2D eigenvalue weighted by atomic mass is 16.6. The van der Waals surface area contributed by atoms with Gasteiger partial charge < -0.3 is 31.5 Å². The number of Topliss-reactive ketones (excluding diaryl/α,β-unsaturated/α-hetero) is 1. The molecule has 1 fully saturated rings. The highest BCUT2D eigenvalue weighted by Gasteiger charge is 2.48. The van der Waals surface area contributed by atoms with Gasteiger partial charge in [0.1, 0.15) is 41.9 Å². The Bertz CT molecular complexity index is 1170. The number of carbonyl (C=O) groups excluding carboxylic acids is 1. The van der Waals surface area contributed by atoms with Gasteiger partial charge in [0.05, 0.1) is 11.9 Å². The topological polar surface area (TPSA) is 183 Å². The third-order valence-corrected chi connectivity index (χ3v) is 4.82. The lowest BCUT2D eigenvalue weighted by Crippen LogP contribution is -2.48. The van der Waals surface area contributed by atoms with Crippen molar-refractivity contribution in [3.63, 3.8) is 0 Å². The lowest BCUT2D eigenvalue weighted by molar-refractivity contribution is -0.120. The molecule has 0 spiro atoms. The molecular formula is C19H18N6O5. The predicted octanol–water partition coefficient (Wildman–Crippen LogP) is -1.32. The number of para-hydroxylation sites is 1. The van der Waals surface area contributed by atoms with Crippen molar-refractivity contribution in [1.29, 1.82) is 0 Å². The third kappa shape index (κ3) is 3.34. The molecule has 0 radical (unpaired) electrons. The Hall–Kier alpha value is -3.56. The number of anilines is 1. The number of carbonyl (C=O) groups is 1. The van der Waals surface area contributed by atoms with Crippen LogP contribution in [-0.2, 0) is 9.53 Å². The molecule has 1 aromatic carbocycles. The van der Waals surface area contributed by atoms with Gasteiger partial charge in [-0.25, -0.2) is 15.0 Å². The number of imidazole rings is 1. The number of hydrogen-bond donors (Lipinski definition) is 5. The Kier molecular flexibility index (Phi) is 5.06. The molecule has 154 valence electrons. The summed E-state index contributed by atoms with van der Waals surface area (Å²) in [6.07, 6.45) is -2.63. The molecule has 0 amide bonds. The quantitative estimate of drug-likeness (QED) is 0.325. The summed E-state index contributed by atoms with van der Waals surface area (Å²) in [5, 5.41) is 30.6. The van der Waals surface area contributed by atoms with E-state index in [2.05, 4.69) is 26.8 Å². The van der Waals surface area contributed by atoms with Gasteiger partial charge in [0.2, 0.25) is 5.78 Å². The zero-order valence-corrected chi connectivity index (χ0v) is 15.5. The molecule has 1 aliphatic heterocycles. The summed E-state index contributed by atoms with van der Waals surface area (Å²) < 4.78 is 7.08. The summed E-state index contributed by atoms with van der Waals surface area (Å²) in [5.74, 6) is 4.22. The van der Waals surface area contributed by atoms with Crippen LogP contribution >= 0.6 is 0 Å². The second-order valence-corrected chi connectivity index (χ2v) is 6.71. The van der Waals surface area contributed by atoms with Crippen LogP contribution in [0.15, 0.2) is 36.9 Å². The molecule has 7 N–H and O–H groups in total. The van der Waals surface area contributed by atoms with Gasteiger partial charge in [0.25, 0.3) is 0 Å². The van der Waals surface area contributed by atoms with Crippen LogP contribution in [0.5, 0.6) is 5.75 Å². The molecule has 0 saturated carbocycles. The van der Waals surface area contributed by atoms with Gasteiger partial charge in [-0.15, -0.1) is 0 Å². The number of nitrogens with zero attached hydrogens (tertiary/aromatic N) is 4. The van der Waals surface area contributed by atoms with Gasteiger partial charge in [-0.1, -0.05) is 18.1 Å². The molecule has 30 heavy (non-hydrogen) atoms. The van der Waals surface area contributed by atoms with E-state index in [9.17, 15) is 20.1 Å². The van der Waals surface area contributed by atoms with Crippen molar-refractivity contribution in [2.45, 2.75) is 30.6 Å². The fraction of sp³-hybridized carbons (Fsp3) is 0.263. The third-order valence-electron chi connectivity index (χ3n) is 4.82. The average Bonchev–Trinajstić information content (AvgIpc) is 3.29. The summed E-state index contributed by atoms with van der Waals surface area (Å²) in [6.45, 7) is 0. The Morgan fingerprint density at radius 1 is 1.20 bits per heavy atom. The van der Waals surface area contributed by atoms with Gasteiger partial charge in [-0.2, -0.15) is 0 Å². The fourth-order valence-electron chi connectivity index (χ4n) is 3.21. The first kappa shape index (κ1) is 19.7. The highest BCUT2D eigenvalue weighted by molar-refractivity contribution is 6.00. The molecule has 2 aromatic heterocycles. The summed E-state index contributed by atoms with van der Waals surface area (Å²) in [7, 11) is 0. The van der Waals surface area contributed by atoms with Crippen molar-refractivity contribution < 1.29 is 24.9 Å². The number of aromatic nitrogens is 4. The Balaban J connectivity index is 1.56. The molecule has 11 nitrogen and oxygen atoms in total. The number of fused-ring (bicyclic) bond motifs is 1. The smallest absolute Gasteiger partial charge is 0.225 e. The SMILES string of the molecule is Nc1ncnc2c1ncn2[C@@H]1O[C@H](C(N)C(=O)C#Cc2ccccc2O)C(O)C1O. The summed E-state index contributed by atoms with van der Waals surface area (Å²) in [5.41, 5.74) is 12.6. The molecule has 3 aromatic rings. The molecule has 0 aliphatic carbocycles. The standard InChI is InChI=1S/C19H18N6O5/c20-12(11(27)6-5-9-3-1-2-4-10(9)26)16-14(28)15(29)19(30-16)25-8-24-13-17(21)22-7-23-18(13)25/h1-4,7-8,12,14-16,19,26,28-29H,20H2,(H2,21,22,23)/t12?,14?,15?,16-,19-/m1/s1. The zero-order chi connectivity index (χ0) is 21.4. The Morgan fingerprint density at radius 3 is 2.73 bits per heavy atom. The number of ether oxygens (including phenoxy) is 1. The number of hydrogen-bond acceptors (Lipinski definition) is 10. The highest BCUT2D eigenvalue weighted by Crippen LogP contribution is 2.33. The van der Waals surface area contributed by atoms with Gasteiger partial charge >= 0.3 is 0 Å². The zero-order valence-electron chi connectivity index (χ0n) is 15.5. The van der Waals surface area contributed by atoms with Crippen LogP contribution in [-0.4, -0.2) is 65.0 Å². The van der Waals surface area contributed by atoms with E-state index in [0.717, 1.165) is 0 Å². The van der Waals surface area contributed by atoms with E-state index < -0.39 is 36.4 Å². The number of phenols is 1. The molecule has 3 heterocycles. The first-order valence-electron chi connectivity index (χ1n) is 8.92. The molecule has 3 unspecified atom stereocenters. The molecule has 4 rings (SSSR count). The number of nitrogen functional groups attached to an aromatic ring is 1. The van der Waals surface area contributed by atoms with Gasteiger partial charge in [0.15, 0.2) is 17.7 Å². The Morgan fingerprint density at radius 2 is 1.97 bits per heavy atom. The minimum Gasteiger partial charge on any atom is -0.507 e. The minimum absolute atomic E-state index is 0.0766. The van der Waals surface area contributed by atoms with Crippen LogP contribution < -0.4 is 11.5 Å². The number of benzene rings is 1. The number of nitrogens with two attached hydrogens (primary N) is 2. The van der Waals surface area contributed by atoms with Crippen LogP contribution in [0.25, 0.3) is 11.2 Å². The number of rotatable bonds is 3. The van der Waals surface area contributed by atoms with Crippen LogP contribution in [0.3, 0.4) is 0 Å². The number of aliphatic hydroxyl groups excluding tert-OH is 2. The van der Waals surface area contributed by atoms with E-state index >= 15 is 0 Å². The van der Waals surface area contributed by atoms with Crippen molar-refractivity contribution >= 4 is 22.8 Å². The molecule has 11 heteroatoms. The molecule has 5 atom stereocenters. The monoisotopic (exact) mass is 410 g/mol. The first-order chi connectivity index (χ1) is 14.4. The van der Waals surface area contributed by atoms with E-state index in [-0.39, 0.29) is 17.1 Å². The first-order valence-corrected chi connectivity index (χ1v) is 8.92. The van der Waals surface area contributed by atoms with E-state index in [1.165, 1.54) is 23.3 Å². The molecule has 1 saturated heterocycles. The van der Waals surface area contributed by atoms with Crippen molar-refractivity contribution in [3.05, 3.63) is 42.5 Å². The van der Waals surface area contributed by atoms with Crippen molar-refractivity contribution in [2.24, 2.45) is 5.73 Å². The maximum atomic E-state index is 12.4. The summed E-state index contributed by atoms with van der Waals surface area (Å²) in [6, 6.07) is 4.92. The molecular weight excluding hydrogens is 392 g/mol. The van der Waals surface area contributed by atoms with Crippen molar-refractivity contribution in [2.75, 3.05) is 5.73 Å². The lowest BCUT2D eigenvalue weighted by Gasteiger charge is -2.19. The Labute approximate surface area is 169 Å². The average molecular weight is 410 g/mol. The van der Waals surface area contributed by atoms with Crippen LogP contribution in [0, 0.1) is 11.8 Å². The maximum absolute atomic E-state index is 12.4. The molecule has 0 bridgehead atoms. The van der Waals surface area contributed by atoms with Gasteiger partial charge in [0, 0.05) is 0 Å². The maximum Gasteiger partial charge on any atom is 0.225 e. The van der Waals surface area contributed by atoms with E-state index in [0.29, 0.717) is 11.2 Å². The van der Waals surface area contributed by atoms with E-state index in [1.807, 2.05) is 0 Å². The number of ketones is 1. The number of aliphatic hydroxyl groups is 2. The van der Waals surface area contributed by atoms with Crippen LogP contribution in [0.1, 0.15) is 11.8 Å². The lowest BCUT2D eigenvalue weighted by atomic mass is 10.0. The minimum atomic E-state index is -1.46.